The molecule has 88 valence electrons. The lowest BCUT2D eigenvalue weighted by atomic mass is 10.0. The van der Waals surface area contributed by atoms with Gasteiger partial charge in [0.05, 0.1) is 6.26 Å². The maximum atomic E-state index is 8.23. The van der Waals surface area contributed by atoms with Gasteiger partial charge in [0.1, 0.15) is 5.71 Å². The number of nitrogens with one attached hydrogen (secondary N) is 1. The van der Waals surface area contributed by atoms with Crippen LogP contribution in [0.3, 0.4) is 0 Å². The summed E-state index contributed by atoms with van der Waals surface area (Å²) in [6, 6.07) is 5.80. The van der Waals surface area contributed by atoms with Crippen LogP contribution in [0, 0.1) is 12.3 Å². The van der Waals surface area contributed by atoms with E-state index in [1.807, 2.05) is 12.1 Å². The highest BCUT2D eigenvalue weighted by Gasteiger charge is 2.20. The van der Waals surface area contributed by atoms with E-state index in [2.05, 4.69) is 17.6 Å². The number of rotatable bonds is 2. The largest absolute Gasteiger partial charge is 0.463 e. The molecule has 0 aromatic carbocycles. The van der Waals surface area contributed by atoms with Crippen LogP contribution in [0.1, 0.15) is 35.6 Å². The smallest absolute Gasteiger partial charge is 0.152 e. The predicted octanol–water partition coefficient (Wildman–Crippen LogP) is 3.14. The van der Waals surface area contributed by atoms with Crippen molar-refractivity contribution in [1.82, 2.24) is 4.57 Å². The van der Waals surface area contributed by atoms with Gasteiger partial charge >= 0.3 is 0 Å². The fourth-order valence-electron chi connectivity index (χ4n) is 2.64. The zero-order valence-electron chi connectivity index (χ0n) is 9.99. The van der Waals surface area contributed by atoms with Crippen molar-refractivity contribution in [3.63, 3.8) is 0 Å². The number of fused-ring (bicyclic) bond motifs is 1. The molecular weight excluding hydrogens is 212 g/mol. The number of furan rings is 1. The first-order chi connectivity index (χ1) is 8.27. The van der Waals surface area contributed by atoms with E-state index in [9.17, 15) is 0 Å². The van der Waals surface area contributed by atoms with Crippen LogP contribution in [-0.4, -0.2) is 10.3 Å². The lowest BCUT2D eigenvalue weighted by molar-refractivity contribution is 0.523. The van der Waals surface area contributed by atoms with Crippen LogP contribution in [0.15, 0.2) is 28.9 Å². The third-order valence-corrected chi connectivity index (χ3v) is 3.50. The first-order valence-electron chi connectivity index (χ1n) is 6.09. The Morgan fingerprint density at radius 1 is 1.41 bits per heavy atom. The lowest BCUT2D eigenvalue weighted by Gasteiger charge is -2.18. The summed E-state index contributed by atoms with van der Waals surface area (Å²) in [4.78, 5) is 0. The third-order valence-electron chi connectivity index (χ3n) is 3.50. The van der Waals surface area contributed by atoms with Crippen molar-refractivity contribution < 1.29 is 4.42 Å². The highest BCUT2D eigenvalue weighted by molar-refractivity contribution is 6.10. The molecule has 0 saturated carbocycles. The summed E-state index contributed by atoms with van der Waals surface area (Å²) in [7, 11) is 0. The second kappa shape index (κ2) is 3.91. The molecule has 0 saturated heterocycles. The van der Waals surface area contributed by atoms with Gasteiger partial charge < -0.3 is 8.98 Å². The quantitative estimate of drug-likeness (QED) is 0.788. The maximum absolute atomic E-state index is 8.23. The zero-order valence-corrected chi connectivity index (χ0v) is 9.99. The summed E-state index contributed by atoms with van der Waals surface area (Å²) in [6.45, 7) is 3.21. The van der Waals surface area contributed by atoms with E-state index < -0.39 is 0 Å². The molecule has 3 rings (SSSR count). The number of aryl methyl sites for hydroxylation is 1. The molecule has 17 heavy (non-hydrogen) atoms. The molecule has 1 N–H and O–H groups in total. The average Bonchev–Trinajstić information content (AvgIpc) is 2.97. The van der Waals surface area contributed by atoms with Gasteiger partial charge in [0.25, 0.3) is 0 Å². The molecule has 0 atom stereocenters. The summed E-state index contributed by atoms with van der Waals surface area (Å²) < 4.78 is 7.66. The van der Waals surface area contributed by atoms with Gasteiger partial charge in [0.15, 0.2) is 5.76 Å². The molecule has 0 amide bonds. The SMILES string of the molecule is Cc1cc(C(=N)c2ccco2)c2n1CCCC2. The molecule has 3 heteroatoms. The van der Waals surface area contributed by atoms with Gasteiger partial charge in [-0.15, -0.1) is 0 Å². The summed E-state index contributed by atoms with van der Waals surface area (Å²) in [5, 5.41) is 8.23. The second-order valence-corrected chi connectivity index (χ2v) is 4.61. The lowest BCUT2D eigenvalue weighted by Crippen LogP contribution is -2.13. The van der Waals surface area contributed by atoms with E-state index in [1.54, 1.807) is 6.26 Å². The highest BCUT2D eigenvalue weighted by Crippen LogP contribution is 2.25. The number of aromatic nitrogens is 1. The molecule has 0 fully saturated rings. The average molecular weight is 228 g/mol. The van der Waals surface area contributed by atoms with E-state index in [-0.39, 0.29) is 0 Å². The van der Waals surface area contributed by atoms with Crippen molar-refractivity contribution in [2.45, 2.75) is 32.7 Å². The maximum Gasteiger partial charge on any atom is 0.152 e. The van der Waals surface area contributed by atoms with E-state index in [0.29, 0.717) is 11.5 Å². The van der Waals surface area contributed by atoms with Crippen molar-refractivity contribution in [2.24, 2.45) is 0 Å². The molecule has 0 radical (unpaired) electrons. The number of nitrogens with zero attached hydrogens (tertiary/aromatic N) is 1. The van der Waals surface area contributed by atoms with Crippen molar-refractivity contribution in [2.75, 3.05) is 0 Å². The number of hydrogen-bond acceptors (Lipinski definition) is 2. The van der Waals surface area contributed by atoms with Gasteiger partial charge in [0, 0.05) is 23.5 Å². The molecule has 0 spiro atoms. The molecule has 3 heterocycles. The van der Waals surface area contributed by atoms with Crippen LogP contribution >= 0.6 is 0 Å². The monoisotopic (exact) mass is 228 g/mol. The Hall–Kier alpha value is -1.77. The van der Waals surface area contributed by atoms with Crippen LogP contribution in [0.4, 0.5) is 0 Å². The molecule has 0 unspecified atom stereocenters. The van der Waals surface area contributed by atoms with Gasteiger partial charge in [-0.05, 0) is 44.4 Å². The van der Waals surface area contributed by atoms with Gasteiger partial charge in [-0.1, -0.05) is 0 Å². The fraction of sp³-hybridized carbons (Fsp3) is 0.357. The highest BCUT2D eigenvalue weighted by atomic mass is 16.3. The first-order valence-corrected chi connectivity index (χ1v) is 6.09. The van der Waals surface area contributed by atoms with Gasteiger partial charge in [-0.25, -0.2) is 0 Å². The van der Waals surface area contributed by atoms with Crippen molar-refractivity contribution in [3.05, 3.63) is 47.2 Å². The van der Waals surface area contributed by atoms with Crippen LogP contribution < -0.4 is 0 Å². The third kappa shape index (κ3) is 1.62. The van der Waals surface area contributed by atoms with Gasteiger partial charge in [0.2, 0.25) is 0 Å². The standard InChI is InChI=1S/C14H16N2O/c1-10-9-11(12-5-2-3-7-16(10)12)14(15)13-6-4-8-17-13/h4,6,8-9,15H,2-3,5,7H2,1H3. The minimum atomic E-state index is 0.508. The summed E-state index contributed by atoms with van der Waals surface area (Å²) >= 11 is 0. The van der Waals surface area contributed by atoms with Gasteiger partial charge in [-0.3, -0.25) is 5.41 Å². The summed E-state index contributed by atoms with van der Waals surface area (Å²) in [5.74, 6) is 0.656. The Kier molecular flexibility index (Phi) is 2.39. The Bertz CT molecular complexity index is 549. The minimum absolute atomic E-state index is 0.508. The fourth-order valence-corrected chi connectivity index (χ4v) is 2.64. The van der Waals surface area contributed by atoms with Crippen LogP contribution in [-0.2, 0) is 13.0 Å². The van der Waals surface area contributed by atoms with Crippen molar-refractivity contribution >= 4 is 5.71 Å². The van der Waals surface area contributed by atoms with Crippen molar-refractivity contribution in [1.29, 1.82) is 5.41 Å². The Balaban J connectivity index is 2.06. The molecule has 0 aliphatic carbocycles. The zero-order chi connectivity index (χ0) is 11.8. The molecule has 3 nitrogen and oxygen atoms in total. The molecule has 1 aliphatic heterocycles. The van der Waals surface area contributed by atoms with E-state index in [1.165, 1.54) is 24.2 Å². The first kappa shape index (κ1) is 10.4. The van der Waals surface area contributed by atoms with Gasteiger partial charge in [-0.2, -0.15) is 0 Å². The normalized spacial score (nSPS) is 14.6. The summed E-state index contributed by atoms with van der Waals surface area (Å²) in [6.07, 6.45) is 5.17. The topological polar surface area (TPSA) is 41.9 Å². The van der Waals surface area contributed by atoms with Crippen LogP contribution in [0.25, 0.3) is 0 Å². The molecule has 0 bridgehead atoms. The number of hydrogen-bond donors (Lipinski definition) is 1. The van der Waals surface area contributed by atoms with E-state index in [0.717, 1.165) is 18.5 Å². The Labute approximate surface area is 101 Å². The van der Waals surface area contributed by atoms with Crippen molar-refractivity contribution in [3.8, 4) is 0 Å². The molecule has 2 aromatic heterocycles. The molecule has 2 aromatic rings. The molecular formula is C14H16N2O. The predicted molar refractivity (Wildman–Crippen MR) is 66.7 cm³/mol. The molecule has 1 aliphatic rings. The van der Waals surface area contributed by atoms with E-state index in [4.69, 9.17) is 9.83 Å². The minimum Gasteiger partial charge on any atom is -0.463 e. The summed E-state index contributed by atoms with van der Waals surface area (Å²) in [5.41, 5.74) is 4.10. The Morgan fingerprint density at radius 3 is 3.06 bits per heavy atom. The second-order valence-electron chi connectivity index (χ2n) is 4.61. The Morgan fingerprint density at radius 2 is 2.29 bits per heavy atom. The van der Waals surface area contributed by atoms with Crippen LogP contribution in [0.2, 0.25) is 0 Å². The van der Waals surface area contributed by atoms with Crippen LogP contribution in [0.5, 0.6) is 0 Å². The van der Waals surface area contributed by atoms with E-state index >= 15 is 0 Å².